The summed E-state index contributed by atoms with van der Waals surface area (Å²) in [4.78, 5) is 29.2. The van der Waals surface area contributed by atoms with Gasteiger partial charge >= 0.3 is 6.03 Å². The number of urea groups is 1. The number of sulfonamides is 1. The number of nitrogens with zero attached hydrogens (tertiary/aromatic N) is 3. The lowest BCUT2D eigenvalue weighted by Gasteiger charge is -2.36. The van der Waals surface area contributed by atoms with Crippen LogP contribution in [0.2, 0.25) is 0 Å². The third-order valence-electron chi connectivity index (χ3n) is 6.47. The van der Waals surface area contributed by atoms with Crippen molar-refractivity contribution in [3.05, 3.63) is 90.2 Å². The molecule has 0 bridgehead atoms. The van der Waals surface area contributed by atoms with Crippen molar-refractivity contribution in [1.82, 2.24) is 14.5 Å². The van der Waals surface area contributed by atoms with Gasteiger partial charge in [-0.25, -0.2) is 17.6 Å². The number of halogens is 1. The summed E-state index contributed by atoms with van der Waals surface area (Å²) >= 11 is 0. The summed E-state index contributed by atoms with van der Waals surface area (Å²) in [6.07, 6.45) is 0. The van der Waals surface area contributed by atoms with Crippen LogP contribution in [0.1, 0.15) is 19.4 Å². The van der Waals surface area contributed by atoms with Gasteiger partial charge in [0.2, 0.25) is 15.9 Å². The maximum absolute atomic E-state index is 13.4. The van der Waals surface area contributed by atoms with Gasteiger partial charge in [0.05, 0.1) is 11.4 Å². The lowest BCUT2D eigenvalue weighted by Crippen LogP contribution is -2.52. The van der Waals surface area contributed by atoms with Crippen molar-refractivity contribution in [2.24, 2.45) is 0 Å². The third kappa shape index (κ3) is 7.57. The van der Waals surface area contributed by atoms with Crippen LogP contribution in [0.5, 0.6) is 0 Å². The van der Waals surface area contributed by atoms with Gasteiger partial charge in [-0.05, 0) is 67.9 Å². The molecule has 4 rings (SSSR count). The van der Waals surface area contributed by atoms with Crippen molar-refractivity contribution < 1.29 is 22.4 Å². The molecule has 0 atom stereocenters. The topological polar surface area (TPSA) is 102 Å². The number of hydrogen-bond acceptors (Lipinski definition) is 5. The predicted molar refractivity (Wildman–Crippen MR) is 153 cm³/mol. The number of rotatable bonds is 9. The number of anilines is 2. The molecule has 1 fully saturated rings. The highest BCUT2D eigenvalue weighted by molar-refractivity contribution is 7.89. The first-order chi connectivity index (χ1) is 19.1. The van der Waals surface area contributed by atoms with Crippen molar-refractivity contribution in [2.75, 3.05) is 42.9 Å². The Bertz CT molecular complexity index is 1390. The van der Waals surface area contributed by atoms with Gasteiger partial charge in [-0.1, -0.05) is 30.3 Å². The molecule has 0 spiro atoms. The number of carbonyl (C=O) groups is 2. The van der Waals surface area contributed by atoms with Gasteiger partial charge in [-0.3, -0.25) is 4.79 Å². The fourth-order valence-corrected chi connectivity index (χ4v) is 5.79. The van der Waals surface area contributed by atoms with Gasteiger partial charge in [0.25, 0.3) is 0 Å². The molecule has 40 heavy (non-hydrogen) atoms. The smallest absolute Gasteiger partial charge is 0.317 e. The summed E-state index contributed by atoms with van der Waals surface area (Å²) < 4.78 is 41.2. The van der Waals surface area contributed by atoms with Gasteiger partial charge in [0, 0.05) is 50.1 Å². The Kier molecular flexibility index (Phi) is 9.38. The molecule has 0 aromatic heterocycles. The average molecular weight is 568 g/mol. The first-order valence-corrected chi connectivity index (χ1v) is 14.6. The Morgan fingerprint density at radius 1 is 0.900 bits per heavy atom. The first kappa shape index (κ1) is 29.0. The monoisotopic (exact) mass is 567 g/mol. The fraction of sp³-hybridized carbons (Fsp3) is 0.310. The maximum Gasteiger partial charge on any atom is 0.317 e. The zero-order valence-electron chi connectivity index (χ0n) is 22.6. The second kappa shape index (κ2) is 12.9. The zero-order valence-corrected chi connectivity index (χ0v) is 23.4. The van der Waals surface area contributed by atoms with Crippen LogP contribution in [0, 0.1) is 5.82 Å². The standard InChI is InChI=1S/C29H34FN5O4S/c1-22(2)31-29(37)34-18-16-33(17-19-34)26-14-12-25(13-15-26)32-28(36)21-35(20-23-8-10-24(30)11-9-23)40(38,39)27-6-4-3-5-7-27/h3-15,22H,16-21H2,1-2H3,(H,31,37)(H,32,36). The van der Waals surface area contributed by atoms with Crippen LogP contribution in [0.4, 0.5) is 20.6 Å². The quantitative estimate of drug-likeness (QED) is 0.409. The van der Waals surface area contributed by atoms with Crippen molar-refractivity contribution in [1.29, 1.82) is 0 Å². The van der Waals surface area contributed by atoms with Gasteiger partial charge in [-0.2, -0.15) is 4.31 Å². The molecule has 0 saturated carbocycles. The second-order valence-electron chi connectivity index (χ2n) is 9.89. The lowest BCUT2D eigenvalue weighted by atomic mass is 10.2. The number of hydrogen-bond donors (Lipinski definition) is 2. The number of piperazine rings is 1. The van der Waals surface area contributed by atoms with Crippen LogP contribution in [0.15, 0.2) is 83.8 Å². The Morgan fingerprint density at radius 3 is 2.12 bits per heavy atom. The average Bonchev–Trinajstić information content (AvgIpc) is 2.94. The Hall–Kier alpha value is -3.96. The Balaban J connectivity index is 1.39. The van der Waals surface area contributed by atoms with E-state index in [1.165, 1.54) is 36.4 Å². The fourth-order valence-electron chi connectivity index (χ4n) is 4.38. The highest BCUT2D eigenvalue weighted by Gasteiger charge is 2.27. The van der Waals surface area contributed by atoms with E-state index in [9.17, 15) is 22.4 Å². The summed E-state index contributed by atoms with van der Waals surface area (Å²) in [7, 11) is -4.00. The molecule has 1 aliphatic rings. The van der Waals surface area contributed by atoms with Crippen LogP contribution in [-0.4, -0.2) is 68.3 Å². The van der Waals surface area contributed by atoms with E-state index < -0.39 is 28.3 Å². The highest BCUT2D eigenvalue weighted by atomic mass is 32.2. The summed E-state index contributed by atoms with van der Waals surface area (Å²) in [5.74, 6) is -0.931. The zero-order chi connectivity index (χ0) is 28.7. The van der Waals surface area contributed by atoms with Gasteiger partial charge < -0.3 is 20.4 Å². The van der Waals surface area contributed by atoms with E-state index in [0.29, 0.717) is 37.4 Å². The molecule has 0 radical (unpaired) electrons. The van der Waals surface area contributed by atoms with E-state index in [1.807, 2.05) is 26.0 Å². The van der Waals surface area contributed by atoms with Crippen molar-refractivity contribution >= 4 is 33.3 Å². The summed E-state index contributed by atoms with van der Waals surface area (Å²) in [6, 6.07) is 20.7. The van der Waals surface area contributed by atoms with E-state index in [0.717, 1.165) is 9.99 Å². The van der Waals surface area contributed by atoms with Crippen LogP contribution >= 0.6 is 0 Å². The number of nitrogens with one attached hydrogen (secondary N) is 2. The minimum absolute atomic E-state index is 0.0598. The summed E-state index contributed by atoms with van der Waals surface area (Å²) in [5.41, 5.74) is 2.05. The molecule has 3 amide bonds. The molecule has 9 nitrogen and oxygen atoms in total. The van der Waals surface area contributed by atoms with Crippen molar-refractivity contribution in [2.45, 2.75) is 31.3 Å². The minimum Gasteiger partial charge on any atom is -0.368 e. The van der Waals surface area contributed by atoms with E-state index in [-0.39, 0.29) is 23.5 Å². The normalized spacial score (nSPS) is 13.9. The van der Waals surface area contributed by atoms with Gasteiger partial charge in [0.1, 0.15) is 5.82 Å². The van der Waals surface area contributed by atoms with E-state index >= 15 is 0 Å². The van der Waals surface area contributed by atoms with Crippen LogP contribution in [0.25, 0.3) is 0 Å². The molecular weight excluding hydrogens is 533 g/mol. The number of benzene rings is 3. The molecule has 2 N–H and O–H groups in total. The maximum atomic E-state index is 13.4. The SMILES string of the molecule is CC(C)NC(=O)N1CCN(c2ccc(NC(=O)CN(Cc3ccc(F)cc3)S(=O)(=O)c3ccccc3)cc2)CC1. The molecule has 1 saturated heterocycles. The van der Waals surface area contributed by atoms with Gasteiger partial charge in [0.15, 0.2) is 0 Å². The van der Waals surface area contributed by atoms with Crippen LogP contribution in [0.3, 0.4) is 0 Å². The molecule has 3 aromatic rings. The molecule has 0 aliphatic carbocycles. The van der Waals surface area contributed by atoms with Crippen molar-refractivity contribution in [3.8, 4) is 0 Å². The van der Waals surface area contributed by atoms with Crippen LogP contribution < -0.4 is 15.5 Å². The predicted octanol–water partition coefficient (Wildman–Crippen LogP) is 3.90. The number of carbonyl (C=O) groups excluding carboxylic acids is 2. The molecule has 212 valence electrons. The molecular formula is C29H34FN5O4S. The molecule has 1 aliphatic heterocycles. The summed E-state index contributed by atoms with van der Waals surface area (Å²) in [5, 5.41) is 5.69. The Labute approximate surface area is 234 Å². The highest BCUT2D eigenvalue weighted by Crippen LogP contribution is 2.21. The summed E-state index contributed by atoms with van der Waals surface area (Å²) in [6.45, 7) is 5.94. The van der Waals surface area contributed by atoms with Crippen LogP contribution in [-0.2, 0) is 21.4 Å². The van der Waals surface area contributed by atoms with E-state index in [2.05, 4.69) is 15.5 Å². The van der Waals surface area contributed by atoms with Crippen molar-refractivity contribution in [3.63, 3.8) is 0 Å². The lowest BCUT2D eigenvalue weighted by molar-refractivity contribution is -0.116. The third-order valence-corrected chi connectivity index (χ3v) is 8.27. The first-order valence-electron chi connectivity index (χ1n) is 13.1. The largest absolute Gasteiger partial charge is 0.368 e. The minimum atomic E-state index is -4.00. The molecule has 0 unspecified atom stereocenters. The second-order valence-corrected chi connectivity index (χ2v) is 11.8. The molecule has 1 heterocycles. The molecule has 11 heteroatoms. The van der Waals surface area contributed by atoms with E-state index in [4.69, 9.17) is 0 Å². The number of amides is 3. The van der Waals surface area contributed by atoms with E-state index in [1.54, 1.807) is 35.2 Å². The Morgan fingerprint density at radius 2 is 1.52 bits per heavy atom. The molecule has 3 aromatic carbocycles. The van der Waals surface area contributed by atoms with Gasteiger partial charge in [-0.15, -0.1) is 0 Å².